The van der Waals surface area contributed by atoms with Gasteiger partial charge in [0.1, 0.15) is 6.21 Å². The zero-order valence-corrected chi connectivity index (χ0v) is 8.80. The van der Waals surface area contributed by atoms with Crippen molar-refractivity contribution in [3.05, 3.63) is 46.5 Å². The normalized spacial score (nSPS) is 19.7. The second-order valence-corrected chi connectivity index (χ2v) is 3.40. The number of rotatable bonds is 2. The lowest BCUT2D eigenvalue weighted by atomic mass is 10.3. The summed E-state index contributed by atoms with van der Waals surface area (Å²) in [5.74, 6) is 0. The van der Waals surface area contributed by atoms with Crippen LogP contribution >= 0.6 is 0 Å². The van der Waals surface area contributed by atoms with Crippen LogP contribution in [-0.4, -0.2) is 34.0 Å². The van der Waals surface area contributed by atoms with Gasteiger partial charge in [0.25, 0.3) is 0 Å². The Morgan fingerprint density at radius 1 is 1.47 bits per heavy atom. The molecular weight excluding hydrogens is 224 g/mol. The lowest BCUT2D eigenvalue weighted by molar-refractivity contribution is -0.414. The Morgan fingerprint density at radius 2 is 2.18 bits per heavy atom. The first kappa shape index (κ1) is 11.2. The molecule has 1 N–H and O–H groups in total. The lowest BCUT2D eigenvalue weighted by Gasteiger charge is -2.23. The minimum absolute atomic E-state index is 0.0795. The summed E-state index contributed by atoms with van der Waals surface area (Å²) >= 11 is 0. The third-order valence-electron chi connectivity index (χ3n) is 2.26. The molecule has 0 saturated carbocycles. The second-order valence-electron chi connectivity index (χ2n) is 3.40. The third-order valence-corrected chi connectivity index (χ3v) is 2.26. The van der Waals surface area contributed by atoms with Crippen molar-refractivity contribution in [2.24, 2.45) is 4.99 Å². The fraction of sp³-hybridized carbons (Fsp3) is 0.200. The summed E-state index contributed by atoms with van der Waals surface area (Å²) < 4.78 is 0. The van der Waals surface area contributed by atoms with E-state index in [1.165, 1.54) is 11.1 Å². The maximum absolute atomic E-state index is 10.7. The van der Waals surface area contributed by atoms with Crippen molar-refractivity contribution >= 4 is 11.9 Å². The average Bonchev–Trinajstić information content (AvgIpc) is 2.52. The van der Waals surface area contributed by atoms with Crippen LogP contribution in [0.25, 0.3) is 0 Å². The molecule has 1 atom stereocenters. The molecule has 0 fully saturated rings. The largest absolute Gasteiger partial charge is 0.371 e. The second kappa shape index (κ2) is 4.71. The molecule has 0 aliphatic carbocycles. The number of aliphatic imine (C=N–C) groups is 1. The number of aliphatic hydroxyl groups excluding tert-OH is 1. The van der Waals surface area contributed by atoms with Gasteiger partial charge in [0, 0.05) is 18.1 Å². The summed E-state index contributed by atoms with van der Waals surface area (Å²) in [5.41, 5.74) is 0.454. The van der Waals surface area contributed by atoms with E-state index < -0.39 is 11.2 Å². The van der Waals surface area contributed by atoms with E-state index in [9.17, 15) is 15.2 Å². The molecule has 0 amide bonds. The van der Waals surface area contributed by atoms with E-state index in [1.54, 1.807) is 24.5 Å². The van der Waals surface area contributed by atoms with Gasteiger partial charge in [-0.15, -0.1) is 0 Å². The molecule has 0 spiro atoms. The quantitative estimate of drug-likeness (QED) is 0.591. The Morgan fingerprint density at radius 3 is 2.82 bits per heavy atom. The van der Waals surface area contributed by atoms with Crippen LogP contribution in [0.2, 0.25) is 0 Å². The van der Waals surface area contributed by atoms with Crippen molar-refractivity contribution in [1.82, 2.24) is 4.98 Å². The molecule has 2 rings (SSSR count). The Hall–Kier alpha value is -2.28. The van der Waals surface area contributed by atoms with Gasteiger partial charge in [-0.1, -0.05) is 0 Å². The molecule has 1 aromatic rings. The fourth-order valence-corrected chi connectivity index (χ4v) is 1.45. The van der Waals surface area contributed by atoms with E-state index in [0.29, 0.717) is 5.69 Å². The monoisotopic (exact) mass is 234 g/mol. The molecule has 0 saturated heterocycles. The molecule has 17 heavy (non-hydrogen) atoms. The van der Waals surface area contributed by atoms with E-state index in [4.69, 9.17) is 0 Å². The number of allylic oxidation sites excluding steroid dienone is 1. The minimum Gasteiger partial charge on any atom is -0.371 e. The molecule has 1 aromatic heterocycles. The van der Waals surface area contributed by atoms with E-state index in [0.717, 1.165) is 6.21 Å². The molecule has 1 aliphatic heterocycles. The highest BCUT2D eigenvalue weighted by Gasteiger charge is 2.21. The molecule has 0 aromatic carbocycles. The van der Waals surface area contributed by atoms with Crippen molar-refractivity contribution in [1.29, 1.82) is 0 Å². The third kappa shape index (κ3) is 2.45. The van der Waals surface area contributed by atoms with Crippen molar-refractivity contribution in [3.8, 4) is 0 Å². The SMILES string of the molecule is O=[N+]([O-])C1=CN(c2ccncc2)C(O)CN=C1. The topological polar surface area (TPSA) is 91.9 Å². The highest BCUT2D eigenvalue weighted by atomic mass is 16.6. The van der Waals surface area contributed by atoms with Crippen LogP contribution in [-0.2, 0) is 0 Å². The Bertz CT molecular complexity index is 472. The van der Waals surface area contributed by atoms with Crippen molar-refractivity contribution in [2.45, 2.75) is 6.23 Å². The van der Waals surface area contributed by atoms with Crippen LogP contribution in [0.5, 0.6) is 0 Å². The predicted molar refractivity (Wildman–Crippen MR) is 61.2 cm³/mol. The highest BCUT2D eigenvalue weighted by molar-refractivity contribution is 5.77. The summed E-state index contributed by atoms with van der Waals surface area (Å²) in [6, 6.07) is 3.31. The van der Waals surface area contributed by atoms with Crippen molar-refractivity contribution < 1.29 is 10.0 Å². The Balaban J connectivity index is 2.38. The molecule has 1 unspecified atom stereocenters. The van der Waals surface area contributed by atoms with Gasteiger partial charge >= 0.3 is 5.70 Å². The van der Waals surface area contributed by atoms with Crippen LogP contribution in [0.4, 0.5) is 5.69 Å². The van der Waals surface area contributed by atoms with Gasteiger partial charge in [0.2, 0.25) is 0 Å². The van der Waals surface area contributed by atoms with Crippen LogP contribution in [0, 0.1) is 10.1 Å². The van der Waals surface area contributed by atoms with E-state index in [2.05, 4.69) is 9.98 Å². The molecular formula is C10H10N4O3. The van der Waals surface area contributed by atoms with E-state index >= 15 is 0 Å². The number of aliphatic hydroxyl groups is 1. The molecule has 2 heterocycles. The number of pyridine rings is 1. The fourth-order valence-electron chi connectivity index (χ4n) is 1.45. The van der Waals surface area contributed by atoms with Gasteiger partial charge in [-0.3, -0.25) is 20.1 Å². The zero-order valence-electron chi connectivity index (χ0n) is 8.80. The lowest BCUT2D eigenvalue weighted by Crippen LogP contribution is -2.32. The van der Waals surface area contributed by atoms with Gasteiger partial charge in [-0.25, -0.2) is 0 Å². The molecule has 0 bridgehead atoms. The van der Waals surface area contributed by atoms with Gasteiger partial charge in [-0.05, 0) is 12.1 Å². The van der Waals surface area contributed by atoms with E-state index in [1.807, 2.05) is 0 Å². The number of hydrogen-bond donors (Lipinski definition) is 1. The van der Waals surface area contributed by atoms with Gasteiger partial charge in [0.15, 0.2) is 6.23 Å². The summed E-state index contributed by atoms with van der Waals surface area (Å²) in [6.45, 7) is 0.0795. The summed E-state index contributed by atoms with van der Waals surface area (Å²) in [4.78, 5) is 19.2. The first-order chi connectivity index (χ1) is 8.18. The standard InChI is InChI=1S/C10H10N4O3/c15-10-6-12-5-9(14(16)17)7-13(10)8-1-3-11-4-2-8/h1-5,7,10,15H,6H2. The Kier molecular flexibility index (Phi) is 3.10. The first-order valence-electron chi connectivity index (χ1n) is 4.91. The molecule has 7 nitrogen and oxygen atoms in total. The number of hydrogen-bond acceptors (Lipinski definition) is 6. The maximum atomic E-state index is 10.7. The molecule has 88 valence electrons. The number of anilines is 1. The number of nitro groups is 1. The van der Waals surface area contributed by atoms with Crippen LogP contribution in [0.1, 0.15) is 0 Å². The first-order valence-corrected chi connectivity index (χ1v) is 4.91. The summed E-state index contributed by atoms with van der Waals surface area (Å²) in [7, 11) is 0. The molecule has 1 aliphatic rings. The number of aromatic nitrogens is 1. The van der Waals surface area contributed by atoms with Gasteiger partial charge in [0.05, 0.1) is 17.7 Å². The maximum Gasteiger partial charge on any atom is 0.303 e. The Labute approximate surface area is 96.9 Å². The van der Waals surface area contributed by atoms with E-state index in [-0.39, 0.29) is 12.2 Å². The average molecular weight is 234 g/mol. The number of nitrogens with zero attached hydrogens (tertiary/aromatic N) is 4. The summed E-state index contributed by atoms with van der Waals surface area (Å²) in [5, 5.41) is 20.5. The molecule has 7 heteroatoms. The zero-order chi connectivity index (χ0) is 12.3. The van der Waals surface area contributed by atoms with Crippen LogP contribution < -0.4 is 4.90 Å². The van der Waals surface area contributed by atoms with Crippen LogP contribution in [0.15, 0.2) is 41.4 Å². The predicted octanol–water partition coefficient (Wildman–Crippen LogP) is 0.409. The molecule has 0 radical (unpaired) electrons. The van der Waals surface area contributed by atoms with Crippen LogP contribution in [0.3, 0.4) is 0 Å². The van der Waals surface area contributed by atoms with Gasteiger partial charge < -0.3 is 10.0 Å². The highest BCUT2D eigenvalue weighted by Crippen LogP contribution is 2.18. The smallest absolute Gasteiger partial charge is 0.303 e. The minimum atomic E-state index is -0.925. The van der Waals surface area contributed by atoms with Crippen molar-refractivity contribution in [3.63, 3.8) is 0 Å². The van der Waals surface area contributed by atoms with Crippen molar-refractivity contribution in [2.75, 3.05) is 11.4 Å². The van der Waals surface area contributed by atoms with Gasteiger partial charge in [-0.2, -0.15) is 0 Å². The summed E-state index contributed by atoms with van der Waals surface area (Å²) in [6.07, 6.45) is 4.58.